The largest absolute Gasteiger partial charge is 0.342 e. The molecule has 0 saturated heterocycles. The van der Waals surface area contributed by atoms with Crippen LogP contribution in [-0.4, -0.2) is 47.5 Å². The third-order valence-electron chi connectivity index (χ3n) is 4.47. The van der Waals surface area contributed by atoms with Crippen LogP contribution in [-0.2, 0) is 10.0 Å². The molecule has 1 amide bonds. The Morgan fingerprint density at radius 1 is 1.32 bits per heavy atom. The van der Waals surface area contributed by atoms with Gasteiger partial charge in [-0.2, -0.15) is 11.8 Å². The molecular formula is C20H22FN5O3S2. The normalized spacial score (nSPS) is 12.6. The lowest BCUT2D eigenvalue weighted by Gasteiger charge is -2.17. The van der Waals surface area contributed by atoms with Gasteiger partial charge in [0.25, 0.3) is 5.91 Å². The lowest BCUT2D eigenvalue weighted by atomic mass is 10.1. The van der Waals surface area contributed by atoms with E-state index in [0.717, 1.165) is 17.9 Å². The molecule has 0 spiro atoms. The predicted molar refractivity (Wildman–Crippen MR) is 118 cm³/mol. The highest BCUT2D eigenvalue weighted by atomic mass is 32.2. The SMILES string of the molecule is C=CCNS(=O)(=O)c1cc(C(=O)NC(CCSC)c2nnc3ccccn23)ccc1F. The monoisotopic (exact) mass is 463 g/mol. The predicted octanol–water partition coefficient (Wildman–Crippen LogP) is 2.56. The summed E-state index contributed by atoms with van der Waals surface area (Å²) in [6.45, 7) is 3.37. The van der Waals surface area contributed by atoms with E-state index in [1.807, 2.05) is 18.4 Å². The van der Waals surface area contributed by atoms with Crippen molar-refractivity contribution in [2.24, 2.45) is 0 Å². The molecule has 11 heteroatoms. The average Bonchev–Trinajstić information content (AvgIpc) is 3.19. The average molecular weight is 464 g/mol. The van der Waals surface area contributed by atoms with Crippen molar-refractivity contribution in [1.82, 2.24) is 24.6 Å². The zero-order chi connectivity index (χ0) is 22.4. The van der Waals surface area contributed by atoms with E-state index in [1.54, 1.807) is 28.4 Å². The molecule has 1 aromatic carbocycles. The van der Waals surface area contributed by atoms with Gasteiger partial charge in [-0.3, -0.25) is 9.20 Å². The molecule has 0 fully saturated rings. The first-order valence-electron chi connectivity index (χ1n) is 9.37. The minimum absolute atomic E-state index is 0.0170. The number of hydrogen-bond donors (Lipinski definition) is 2. The number of nitrogens with zero attached hydrogens (tertiary/aromatic N) is 3. The second-order valence-electron chi connectivity index (χ2n) is 6.58. The topological polar surface area (TPSA) is 105 Å². The van der Waals surface area contributed by atoms with Gasteiger partial charge in [-0.1, -0.05) is 12.1 Å². The number of amides is 1. The van der Waals surface area contributed by atoms with Crippen LogP contribution >= 0.6 is 11.8 Å². The summed E-state index contributed by atoms with van der Waals surface area (Å²) >= 11 is 1.62. The summed E-state index contributed by atoms with van der Waals surface area (Å²) in [6.07, 6.45) is 5.67. The van der Waals surface area contributed by atoms with Crippen LogP contribution in [0.1, 0.15) is 28.6 Å². The number of sulfonamides is 1. The molecular weight excluding hydrogens is 441 g/mol. The summed E-state index contributed by atoms with van der Waals surface area (Å²) in [5.74, 6) is -0.184. The van der Waals surface area contributed by atoms with Crippen LogP contribution in [0.4, 0.5) is 4.39 Å². The van der Waals surface area contributed by atoms with E-state index in [0.29, 0.717) is 17.9 Å². The van der Waals surface area contributed by atoms with E-state index in [-0.39, 0.29) is 12.1 Å². The van der Waals surface area contributed by atoms with Crippen LogP contribution in [0.15, 0.2) is 60.1 Å². The number of fused-ring (bicyclic) bond motifs is 1. The Morgan fingerprint density at radius 2 is 2.13 bits per heavy atom. The van der Waals surface area contributed by atoms with E-state index >= 15 is 0 Å². The first kappa shape index (κ1) is 22.9. The van der Waals surface area contributed by atoms with Crippen LogP contribution in [0.2, 0.25) is 0 Å². The van der Waals surface area contributed by atoms with Crippen molar-refractivity contribution in [3.8, 4) is 0 Å². The number of carbonyl (C=O) groups excluding carboxylic acids is 1. The molecule has 8 nitrogen and oxygen atoms in total. The Labute approximate surface area is 184 Å². The van der Waals surface area contributed by atoms with E-state index in [9.17, 15) is 17.6 Å². The third kappa shape index (κ3) is 5.30. The minimum Gasteiger partial charge on any atom is -0.342 e. The van der Waals surface area contributed by atoms with Gasteiger partial charge in [0.2, 0.25) is 10.0 Å². The van der Waals surface area contributed by atoms with Gasteiger partial charge in [0.05, 0.1) is 6.04 Å². The Hall–Kier alpha value is -2.76. The maximum absolute atomic E-state index is 14.2. The van der Waals surface area contributed by atoms with Crippen molar-refractivity contribution in [1.29, 1.82) is 0 Å². The molecule has 0 saturated carbocycles. The van der Waals surface area contributed by atoms with Gasteiger partial charge in [0.1, 0.15) is 10.7 Å². The summed E-state index contributed by atoms with van der Waals surface area (Å²) in [7, 11) is -4.13. The second-order valence-corrected chi connectivity index (χ2v) is 9.30. The van der Waals surface area contributed by atoms with Gasteiger partial charge in [0, 0.05) is 18.3 Å². The van der Waals surface area contributed by atoms with Crippen molar-refractivity contribution in [2.75, 3.05) is 18.6 Å². The van der Waals surface area contributed by atoms with E-state index in [2.05, 4.69) is 26.8 Å². The van der Waals surface area contributed by atoms with Crippen LogP contribution in [0, 0.1) is 5.82 Å². The zero-order valence-corrected chi connectivity index (χ0v) is 18.4. The van der Waals surface area contributed by atoms with E-state index in [4.69, 9.17) is 0 Å². The van der Waals surface area contributed by atoms with Gasteiger partial charge in [0.15, 0.2) is 11.5 Å². The Morgan fingerprint density at radius 3 is 2.87 bits per heavy atom. The fourth-order valence-corrected chi connectivity index (χ4v) is 4.51. The van der Waals surface area contributed by atoms with Gasteiger partial charge in [-0.15, -0.1) is 16.8 Å². The summed E-state index contributed by atoms with van der Waals surface area (Å²) < 4.78 is 42.8. The summed E-state index contributed by atoms with van der Waals surface area (Å²) in [6, 6.07) is 8.22. The van der Waals surface area contributed by atoms with Crippen molar-refractivity contribution in [3.63, 3.8) is 0 Å². The third-order valence-corrected chi connectivity index (χ3v) is 6.55. The molecule has 0 aliphatic rings. The molecule has 1 atom stereocenters. The molecule has 0 bridgehead atoms. The number of nitrogens with one attached hydrogen (secondary N) is 2. The van der Waals surface area contributed by atoms with E-state index < -0.39 is 32.7 Å². The molecule has 3 rings (SSSR count). The lowest BCUT2D eigenvalue weighted by molar-refractivity contribution is 0.0933. The molecule has 2 N–H and O–H groups in total. The molecule has 164 valence electrons. The lowest BCUT2D eigenvalue weighted by Crippen LogP contribution is -2.31. The van der Waals surface area contributed by atoms with Crippen molar-refractivity contribution in [3.05, 3.63) is 72.5 Å². The van der Waals surface area contributed by atoms with Crippen molar-refractivity contribution in [2.45, 2.75) is 17.4 Å². The molecule has 0 aliphatic heterocycles. The molecule has 2 aromatic heterocycles. The van der Waals surface area contributed by atoms with Crippen LogP contribution < -0.4 is 10.0 Å². The fraction of sp³-hybridized carbons (Fsp3) is 0.250. The number of thioether (sulfide) groups is 1. The van der Waals surface area contributed by atoms with Crippen molar-refractivity contribution < 1.29 is 17.6 Å². The van der Waals surface area contributed by atoms with Crippen molar-refractivity contribution >= 4 is 33.3 Å². The van der Waals surface area contributed by atoms with Crippen LogP contribution in [0.5, 0.6) is 0 Å². The smallest absolute Gasteiger partial charge is 0.251 e. The molecule has 0 radical (unpaired) electrons. The fourth-order valence-electron chi connectivity index (χ4n) is 2.94. The highest BCUT2D eigenvalue weighted by Gasteiger charge is 2.24. The van der Waals surface area contributed by atoms with Crippen LogP contribution in [0.25, 0.3) is 5.65 Å². The van der Waals surface area contributed by atoms with Gasteiger partial charge >= 0.3 is 0 Å². The Bertz CT molecular complexity index is 1200. The quantitative estimate of drug-likeness (QED) is 0.448. The van der Waals surface area contributed by atoms with Crippen LogP contribution in [0.3, 0.4) is 0 Å². The standard InChI is InChI=1S/C20H22FN5O3S2/c1-3-10-22-31(28,29)17-13-14(7-8-15(17)21)20(27)23-16(9-12-30-2)19-25-24-18-6-4-5-11-26(18)19/h3-8,11,13,16,22H,1,9-10,12H2,2H3,(H,23,27). The number of rotatable bonds is 10. The zero-order valence-electron chi connectivity index (χ0n) is 16.8. The maximum atomic E-state index is 14.2. The Balaban J connectivity index is 1.90. The second kappa shape index (κ2) is 10.0. The highest BCUT2D eigenvalue weighted by molar-refractivity contribution is 7.98. The van der Waals surface area contributed by atoms with E-state index in [1.165, 1.54) is 12.1 Å². The number of hydrogen-bond acceptors (Lipinski definition) is 6. The molecule has 2 heterocycles. The molecule has 1 unspecified atom stereocenters. The Kier molecular flexibility index (Phi) is 7.42. The number of aromatic nitrogens is 3. The molecule has 31 heavy (non-hydrogen) atoms. The number of pyridine rings is 1. The first-order chi connectivity index (χ1) is 14.9. The van der Waals surface area contributed by atoms with Gasteiger partial charge < -0.3 is 5.32 Å². The number of halogens is 1. The van der Waals surface area contributed by atoms with Gasteiger partial charge in [-0.05, 0) is 48.8 Å². The number of carbonyl (C=O) groups is 1. The summed E-state index contributed by atoms with van der Waals surface area (Å²) in [5, 5.41) is 11.2. The summed E-state index contributed by atoms with van der Waals surface area (Å²) in [5.41, 5.74) is 0.660. The first-order valence-corrected chi connectivity index (χ1v) is 12.2. The molecule has 0 aliphatic carbocycles. The minimum atomic E-state index is -4.13. The van der Waals surface area contributed by atoms with Gasteiger partial charge in [-0.25, -0.2) is 17.5 Å². The maximum Gasteiger partial charge on any atom is 0.251 e. The summed E-state index contributed by atoms with van der Waals surface area (Å²) in [4.78, 5) is 12.3. The molecule has 3 aromatic rings. The highest BCUT2D eigenvalue weighted by Crippen LogP contribution is 2.21. The number of benzene rings is 1.